The van der Waals surface area contributed by atoms with Crippen LogP contribution in [0.4, 0.5) is 9.52 Å². The number of carbonyl (C=O) groups is 2. The van der Waals surface area contributed by atoms with Gasteiger partial charge in [0.1, 0.15) is 23.1 Å². The number of thioether (sulfide) groups is 1. The number of amides is 1. The highest BCUT2D eigenvalue weighted by Gasteiger charge is 2.48. The van der Waals surface area contributed by atoms with Crippen LogP contribution in [0.25, 0.3) is 5.76 Å². The molecule has 2 heterocycles. The van der Waals surface area contributed by atoms with Gasteiger partial charge in [-0.05, 0) is 73.5 Å². The molecule has 210 valence electrons. The maximum Gasteiger partial charge on any atom is 0.301 e. The fourth-order valence-corrected chi connectivity index (χ4v) is 6.22. The van der Waals surface area contributed by atoms with E-state index in [1.165, 1.54) is 28.8 Å². The Hall–Kier alpha value is -4.22. The monoisotopic (exact) mass is 591 g/mol. The molecule has 41 heavy (non-hydrogen) atoms. The molecule has 4 aromatic rings. The second kappa shape index (κ2) is 12.5. The maximum absolute atomic E-state index is 13.5. The fraction of sp³-hybridized carbons (Fsp3) is 0.200. The zero-order valence-corrected chi connectivity index (χ0v) is 23.9. The highest BCUT2D eigenvalue weighted by atomic mass is 32.2. The van der Waals surface area contributed by atoms with Crippen LogP contribution in [0.2, 0.25) is 0 Å². The molecule has 5 rings (SSSR count). The highest BCUT2D eigenvalue weighted by Crippen LogP contribution is 2.44. The summed E-state index contributed by atoms with van der Waals surface area (Å²) in [5.41, 5.74) is 1.77. The summed E-state index contributed by atoms with van der Waals surface area (Å²) < 4.78 is 25.0. The van der Waals surface area contributed by atoms with Crippen molar-refractivity contribution in [1.29, 1.82) is 0 Å². The molecule has 0 aliphatic carbocycles. The minimum Gasteiger partial charge on any atom is -0.507 e. The van der Waals surface area contributed by atoms with Crippen LogP contribution in [0, 0.1) is 5.82 Å². The first-order valence-electron chi connectivity index (χ1n) is 12.9. The first kappa shape index (κ1) is 28.3. The number of anilines is 1. The van der Waals surface area contributed by atoms with Gasteiger partial charge >= 0.3 is 5.91 Å². The number of aliphatic hydroxyl groups is 1. The average molecular weight is 592 g/mol. The van der Waals surface area contributed by atoms with E-state index < -0.39 is 17.7 Å². The summed E-state index contributed by atoms with van der Waals surface area (Å²) in [5, 5.41) is 20.0. The molecule has 1 aliphatic rings. The predicted molar refractivity (Wildman–Crippen MR) is 156 cm³/mol. The molecular formula is C30H26FN3O5S2. The van der Waals surface area contributed by atoms with E-state index in [0.29, 0.717) is 45.9 Å². The van der Waals surface area contributed by atoms with E-state index in [-0.39, 0.29) is 22.3 Å². The number of nitrogens with zero attached hydrogens (tertiary/aromatic N) is 3. The normalized spacial score (nSPS) is 16.3. The minimum absolute atomic E-state index is 0.0662. The minimum atomic E-state index is -0.968. The Morgan fingerprint density at radius 1 is 0.976 bits per heavy atom. The van der Waals surface area contributed by atoms with Crippen molar-refractivity contribution in [1.82, 2.24) is 10.2 Å². The van der Waals surface area contributed by atoms with Gasteiger partial charge in [-0.2, -0.15) is 0 Å². The van der Waals surface area contributed by atoms with Gasteiger partial charge in [0.05, 0.1) is 24.8 Å². The predicted octanol–water partition coefficient (Wildman–Crippen LogP) is 6.39. The van der Waals surface area contributed by atoms with E-state index in [2.05, 4.69) is 10.2 Å². The number of aliphatic hydroxyl groups excluding tert-OH is 1. The summed E-state index contributed by atoms with van der Waals surface area (Å²) in [5.74, 6) is -0.586. The van der Waals surface area contributed by atoms with E-state index >= 15 is 0 Å². The molecule has 1 saturated heterocycles. The Morgan fingerprint density at radius 2 is 1.68 bits per heavy atom. The van der Waals surface area contributed by atoms with E-state index in [9.17, 15) is 19.1 Å². The standard InChI is InChI=1S/C30H26FN3O5S2/c1-3-38-22-14-10-19(11-15-22)26(35)24-25(20-6-5-7-23(16-20)39-4-2)34(28(37)27(24)36)29-32-33-30(41-29)40-17-18-8-12-21(31)13-9-18/h5-16,25,35H,3-4,17H2,1-2H3. The van der Waals surface area contributed by atoms with Crippen molar-refractivity contribution in [3.8, 4) is 11.5 Å². The lowest BCUT2D eigenvalue weighted by atomic mass is 9.95. The lowest BCUT2D eigenvalue weighted by Gasteiger charge is -2.23. The van der Waals surface area contributed by atoms with Crippen molar-refractivity contribution in [2.45, 2.75) is 30.0 Å². The van der Waals surface area contributed by atoms with Crippen LogP contribution < -0.4 is 14.4 Å². The molecule has 0 radical (unpaired) electrons. The van der Waals surface area contributed by atoms with Crippen molar-refractivity contribution < 1.29 is 28.6 Å². The van der Waals surface area contributed by atoms with Crippen LogP contribution >= 0.6 is 23.1 Å². The van der Waals surface area contributed by atoms with Gasteiger partial charge in [0, 0.05) is 11.3 Å². The van der Waals surface area contributed by atoms with Crippen molar-refractivity contribution in [2.75, 3.05) is 18.1 Å². The summed E-state index contributed by atoms with van der Waals surface area (Å²) in [4.78, 5) is 28.2. The highest BCUT2D eigenvalue weighted by molar-refractivity contribution is 8.00. The molecule has 1 atom stereocenters. The molecule has 1 unspecified atom stereocenters. The third-order valence-electron chi connectivity index (χ3n) is 6.25. The molecule has 1 aliphatic heterocycles. The van der Waals surface area contributed by atoms with Gasteiger partial charge in [-0.3, -0.25) is 14.5 Å². The number of hydrogen-bond acceptors (Lipinski definition) is 9. The van der Waals surface area contributed by atoms with Crippen LogP contribution in [-0.4, -0.2) is 40.2 Å². The van der Waals surface area contributed by atoms with E-state index in [1.807, 2.05) is 13.8 Å². The zero-order valence-electron chi connectivity index (χ0n) is 22.2. The Morgan fingerprint density at radius 3 is 2.39 bits per heavy atom. The number of ketones is 1. The van der Waals surface area contributed by atoms with E-state index in [4.69, 9.17) is 9.47 Å². The first-order chi connectivity index (χ1) is 19.9. The molecule has 1 N–H and O–H groups in total. The van der Waals surface area contributed by atoms with Crippen molar-refractivity contribution >= 4 is 45.7 Å². The smallest absolute Gasteiger partial charge is 0.301 e. The first-order valence-corrected chi connectivity index (χ1v) is 14.7. The number of ether oxygens (including phenoxy) is 2. The van der Waals surface area contributed by atoms with Gasteiger partial charge in [-0.1, -0.05) is 47.4 Å². The van der Waals surface area contributed by atoms with Gasteiger partial charge in [-0.25, -0.2) is 4.39 Å². The molecule has 1 amide bonds. The largest absolute Gasteiger partial charge is 0.507 e. The molecule has 0 saturated carbocycles. The van der Waals surface area contributed by atoms with Gasteiger partial charge in [0.15, 0.2) is 4.34 Å². The lowest BCUT2D eigenvalue weighted by Crippen LogP contribution is -2.29. The molecule has 0 spiro atoms. The van der Waals surface area contributed by atoms with Crippen LogP contribution in [0.1, 0.15) is 36.6 Å². The SMILES string of the molecule is CCOc1ccc(C(O)=C2C(=O)C(=O)N(c3nnc(SCc4ccc(F)cc4)s3)C2c2cccc(OCC)c2)cc1. The number of benzene rings is 3. The number of hydrogen-bond donors (Lipinski definition) is 1. The Bertz CT molecular complexity index is 1590. The molecule has 1 fully saturated rings. The third-order valence-corrected chi connectivity index (χ3v) is 8.37. The summed E-state index contributed by atoms with van der Waals surface area (Å²) in [6.45, 7) is 4.64. The Kier molecular flexibility index (Phi) is 8.65. The molecule has 0 bridgehead atoms. The maximum atomic E-state index is 13.5. The summed E-state index contributed by atoms with van der Waals surface area (Å²) in [6, 6.07) is 18.9. The van der Waals surface area contributed by atoms with Crippen LogP contribution in [0.3, 0.4) is 0 Å². The third kappa shape index (κ3) is 6.10. The topological polar surface area (TPSA) is 102 Å². The number of aromatic nitrogens is 2. The second-order valence-electron chi connectivity index (χ2n) is 8.90. The van der Waals surface area contributed by atoms with Crippen LogP contribution in [-0.2, 0) is 15.3 Å². The molecule has 3 aromatic carbocycles. The van der Waals surface area contributed by atoms with Crippen molar-refractivity contribution in [3.05, 3.63) is 101 Å². The second-order valence-corrected chi connectivity index (χ2v) is 11.1. The number of halogens is 1. The van der Waals surface area contributed by atoms with Gasteiger partial charge < -0.3 is 14.6 Å². The van der Waals surface area contributed by atoms with Crippen molar-refractivity contribution in [2.24, 2.45) is 0 Å². The number of Topliss-reactive ketones (excluding diaryl/α,β-unsaturated/α-hetero) is 1. The quantitative estimate of drug-likeness (QED) is 0.0744. The van der Waals surface area contributed by atoms with Gasteiger partial charge in [0.25, 0.3) is 5.78 Å². The average Bonchev–Trinajstić information content (AvgIpc) is 3.55. The van der Waals surface area contributed by atoms with Crippen molar-refractivity contribution in [3.63, 3.8) is 0 Å². The summed E-state index contributed by atoms with van der Waals surface area (Å²) >= 11 is 2.54. The number of rotatable bonds is 10. The zero-order chi connectivity index (χ0) is 28.9. The van der Waals surface area contributed by atoms with E-state index in [0.717, 1.165) is 16.9 Å². The lowest BCUT2D eigenvalue weighted by molar-refractivity contribution is -0.132. The molecule has 1 aromatic heterocycles. The number of carbonyl (C=O) groups excluding carboxylic acids is 2. The van der Waals surface area contributed by atoms with Crippen LogP contribution in [0.5, 0.6) is 11.5 Å². The summed E-state index contributed by atoms with van der Waals surface area (Å²) in [7, 11) is 0. The van der Waals surface area contributed by atoms with Gasteiger partial charge in [-0.15, -0.1) is 10.2 Å². The van der Waals surface area contributed by atoms with E-state index in [1.54, 1.807) is 60.7 Å². The molecule has 11 heteroatoms. The van der Waals surface area contributed by atoms with Gasteiger partial charge in [0.2, 0.25) is 5.13 Å². The molecule has 8 nitrogen and oxygen atoms in total. The Labute approximate surface area is 244 Å². The fourth-order valence-electron chi connectivity index (χ4n) is 4.40. The summed E-state index contributed by atoms with van der Waals surface area (Å²) in [6.07, 6.45) is 0. The van der Waals surface area contributed by atoms with Crippen LogP contribution in [0.15, 0.2) is 82.7 Å². The molecular weight excluding hydrogens is 565 g/mol. The Balaban J connectivity index is 1.53.